The van der Waals surface area contributed by atoms with Gasteiger partial charge in [0.25, 0.3) is 5.91 Å². The Hall–Kier alpha value is -2.06. The summed E-state index contributed by atoms with van der Waals surface area (Å²) in [7, 11) is 0. The van der Waals surface area contributed by atoms with Crippen LogP contribution >= 0.6 is 23.6 Å². The zero-order valence-electron chi connectivity index (χ0n) is 19.3. The van der Waals surface area contributed by atoms with E-state index in [-0.39, 0.29) is 19.2 Å². The van der Waals surface area contributed by atoms with E-state index in [1.165, 1.54) is 17.7 Å². The van der Waals surface area contributed by atoms with Crippen LogP contribution in [0.1, 0.15) is 77.8 Å². The van der Waals surface area contributed by atoms with E-state index < -0.39 is 0 Å². The summed E-state index contributed by atoms with van der Waals surface area (Å²) in [5.41, 5.74) is 3.82. The first kappa shape index (κ1) is 22.7. The normalized spacial score (nSPS) is 19.8. The number of hydrogen-bond acceptors (Lipinski definition) is 6. The van der Waals surface area contributed by atoms with Crippen molar-refractivity contribution in [3.8, 4) is 0 Å². The van der Waals surface area contributed by atoms with E-state index in [0.717, 1.165) is 77.5 Å². The number of anilines is 1. The third-order valence-corrected chi connectivity index (χ3v) is 8.61. The highest BCUT2D eigenvalue weighted by Gasteiger charge is 2.34. The summed E-state index contributed by atoms with van der Waals surface area (Å²) >= 11 is 7.35. The first-order valence-electron chi connectivity index (χ1n) is 12.1. The van der Waals surface area contributed by atoms with Gasteiger partial charge >= 0.3 is 0 Å². The number of carbonyl (C=O) groups is 2. The largest absolute Gasteiger partial charge is 0.361 e. The lowest BCUT2D eigenvalue weighted by Gasteiger charge is -2.23. The molecule has 2 N–H and O–H groups in total. The molecular weight excluding hydrogens is 454 g/mol. The fraction of sp³-hybridized carbons (Fsp3) is 0.600. The summed E-state index contributed by atoms with van der Waals surface area (Å²) in [6.07, 6.45) is 8.65. The van der Waals surface area contributed by atoms with Crippen LogP contribution in [0.4, 0.5) is 5.00 Å². The van der Waals surface area contributed by atoms with Crippen molar-refractivity contribution in [1.82, 2.24) is 10.5 Å². The Bertz CT molecular complexity index is 1080. The molecule has 3 aliphatic rings. The molecule has 1 atom stereocenters. The fourth-order valence-corrected chi connectivity index (χ4v) is 6.34. The minimum atomic E-state index is -0.0376. The molecule has 2 aromatic rings. The van der Waals surface area contributed by atoms with Gasteiger partial charge in [-0.25, -0.2) is 0 Å². The van der Waals surface area contributed by atoms with E-state index >= 15 is 0 Å². The lowest BCUT2D eigenvalue weighted by atomic mass is 9.83. The summed E-state index contributed by atoms with van der Waals surface area (Å²) in [6.45, 7) is 4.61. The predicted molar refractivity (Wildman–Crippen MR) is 135 cm³/mol. The molecule has 0 unspecified atom stereocenters. The average molecular weight is 488 g/mol. The summed E-state index contributed by atoms with van der Waals surface area (Å²) < 4.78 is 5.29. The molecule has 2 aromatic heterocycles. The van der Waals surface area contributed by atoms with E-state index in [0.29, 0.717) is 23.8 Å². The molecule has 3 aliphatic carbocycles. The highest BCUT2D eigenvalue weighted by molar-refractivity contribution is 7.80. The van der Waals surface area contributed by atoms with Gasteiger partial charge in [0.05, 0.1) is 11.3 Å². The van der Waals surface area contributed by atoms with Gasteiger partial charge in [-0.05, 0) is 87.5 Å². The van der Waals surface area contributed by atoms with Gasteiger partial charge in [-0.15, -0.1) is 11.3 Å². The number of amides is 2. The zero-order chi connectivity index (χ0) is 23.1. The lowest BCUT2D eigenvalue weighted by Crippen LogP contribution is -2.28. The molecule has 2 fully saturated rings. The Morgan fingerprint density at radius 2 is 1.97 bits per heavy atom. The second-order valence-electron chi connectivity index (χ2n) is 9.96. The Kier molecular flexibility index (Phi) is 6.40. The van der Waals surface area contributed by atoms with E-state index in [2.05, 4.69) is 15.8 Å². The van der Waals surface area contributed by atoms with Crippen molar-refractivity contribution < 1.29 is 15.5 Å². The zero-order valence-corrected chi connectivity index (χ0v) is 20.9. The molecule has 8 heteroatoms. The number of aryl methyl sites for hydroxylation is 3. The van der Waals surface area contributed by atoms with Crippen molar-refractivity contribution in [3.63, 3.8) is 0 Å². The predicted octanol–water partition coefficient (Wildman–Crippen LogP) is 5.19. The van der Waals surface area contributed by atoms with Crippen LogP contribution < -0.4 is 10.6 Å². The fourth-order valence-electron chi connectivity index (χ4n) is 4.71. The van der Waals surface area contributed by atoms with Crippen molar-refractivity contribution in [1.29, 1.82) is 0 Å². The summed E-state index contributed by atoms with van der Waals surface area (Å²) in [6, 6.07) is 0. The summed E-state index contributed by atoms with van der Waals surface area (Å²) in [5, 5.41) is 11.0. The van der Waals surface area contributed by atoms with Gasteiger partial charge in [0.1, 0.15) is 10.8 Å². The molecule has 0 radical (unpaired) electrons. The van der Waals surface area contributed by atoms with Crippen LogP contribution in [0.3, 0.4) is 0 Å². The van der Waals surface area contributed by atoms with E-state index in [1.807, 2.05) is 13.8 Å². The number of rotatable bonds is 9. The van der Waals surface area contributed by atoms with E-state index in [9.17, 15) is 9.59 Å². The van der Waals surface area contributed by atoms with Gasteiger partial charge in [-0.1, -0.05) is 17.4 Å². The molecular formula is C25H33N3O3S2. The second kappa shape index (κ2) is 9.29. The lowest BCUT2D eigenvalue weighted by molar-refractivity contribution is -0.117. The van der Waals surface area contributed by atoms with Crippen LogP contribution in [0, 0.1) is 31.6 Å². The molecule has 2 amide bonds. The second-order valence-corrected chi connectivity index (χ2v) is 11.6. The minimum absolute atomic E-state index is 0. The van der Waals surface area contributed by atoms with Crippen molar-refractivity contribution in [2.45, 2.75) is 71.6 Å². The molecule has 33 heavy (non-hydrogen) atoms. The molecule has 5 rings (SSSR count). The molecule has 0 saturated heterocycles. The molecule has 0 spiro atoms. The highest BCUT2D eigenvalue weighted by Crippen LogP contribution is 2.42. The van der Waals surface area contributed by atoms with Crippen LogP contribution in [0.15, 0.2) is 4.52 Å². The maximum atomic E-state index is 13.2. The summed E-state index contributed by atoms with van der Waals surface area (Å²) in [4.78, 5) is 28.0. The van der Waals surface area contributed by atoms with Crippen LogP contribution in [0.2, 0.25) is 0 Å². The van der Waals surface area contributed by atoms with Gasteiger partial charge in [0, 0.05) is 30.8 Å². The smallest absolute Gasteiger partial charge is 0.254 e. The Labute approximate surface area is 205 Å². The number of carbonyl (C=O) groups excluding carboxylic acids is 2. The SMILES string of the molecule is Cc1noc(C)c1CC(=S)C[C@H]1CCc2sc(NC(=O)C3CC3)c(C(=O)NCC3CC3)c2C1.[HH]. The van der Waals surface area contributed by atoms with Crippen molar-refractivity contribution in [2.24, 2.45) is 17.8 Å². The van der Waals surface area contributed by atoms with E-state index in [1.54, 1.807) is 11.3 Å². The van der Waals surface area contributed by atoms with Crippen LogP contribution in [-0.4, -0.2) is 28.4 Å². The monoisotopic (exact) mass is 487 g/mol. The van der Waals surface area contributed by atoms with Crippen LogP contribution in [0.25, 0.3) is 0 Å². The number of thiocarbonyl (C=S) groups is 1. The number of thiophene rings is 1. The summed E-state index contributed by atoms with van der Waals surface area (Å²) in [5.74, 6) is 1.99. The molecule has 0 aliphatic heterocycles. The molecule has 6 nitrogen and oxygen atoms in total. The first-order valence-corrected chi connectivity index (χ1v) is 13.3. The molecule has 2 saturated carbocycles. The van der Waals surface area contributed by atoms with Crippen LogP contribution in [0.5, 0.6) is 0 Å². The molecule has 2 heterocycles. The topological polar surface area (TPSA) is 84.2 Å². The van der Waals surface area contributed by atoms with Crippen molar-refractivity contribution in [3.05, 3.63) is 33.0 Å². The van der Waals surface area contributed by atoms with Gasteiger partial charge in [-0.3, -0.25) is 9.59 Å². The number of aromatic nitrogens is 1. The van der Waals surface area contributed by atoms with E-state index in [4.69, 9.17) is 16.7 Å². The number of nitrogens with zero attached hydrogens (tertiary/aromatic N) is 1. The van der Waals surface area contributed by atoms with Gasteiger partial charge < -0.3 is 15.2 Å². The van der Waals surface area contributed by atoms with Gasteiger partial charge in [0.15, 0.2) is 0 Å². The average Bonchev–Trinajstić information content (AvgIpc) is 3.70. The Morgan fingerprint density at radius 3 is 2.64 bits per heavy atom. The van der Waals surface area contributed by atoms with Gasteiger partial charge in [-0.2, -0.15) is 0 Å². The van der Waals surface area contributed by atoms with Crippen LogP contribution in [-0.2, 0) is 24.1 Å². The quantitative estimate of drug-likeness (QED) is 0.475. The number of hydrogen-bond donors (Lipinski definition) is 2. The minimum Gasteiger partial charge on any atom is -0.361 e. The third-order valence-electron chi connectivity index (χ3n) is 7.09. The third kappa shape index (κ3) is 5.22. The van der Waals surface area contributed by atoms with Crippen molar-refractivity contribution >= 4 is 45.2 Å². The standard InChI is InChI=1S/C25H31N3O3S2.H2/c1-13-19(14(2)31-28-13)11-18(32)9-16-5-8-21-20(10-16)22(24(30)26-12-15-3-4-15)25(33-21)27-23(29)17-6-7-17;/h15-17H,3-12H2,1-2H3,(H,26,30)(H,27,29);1H/t16-;/m1./s1. The molecule has 0 aromatic carbocycles. The van der Waals surface area contributed by atoms with Gasteiger partial charge in [0.2, 0.25) is 5.91 Å². The highest BCUT2D eigenvalue weighted by atomic mass is 32.1. The maximum absolute atomic E-state index is 13.2. The first-order chi connectivity index (χ1) is 15.9. The Morgan fingerprint density at radius 1 is 1.18 bits per heavy atom. The Balaban J connectivity index is 0.00000274. The number of nitrogens with one attached hydrogen (secondary N) is 2. The molecule has 0 bridgehead atoms. The molecule has 178 valence electrons. The number of fused-ring (bicyclic) bond motifs is 1. The maximum Gasteiger partial charge on any atom is 0.254 e. The van der Waals surface area contributed by atoms with Crippen molar-refractivity contribution in [2.75, 3.05) is 11.9 Å².